The number of ether oxygens (including phenoxy) is 2. The fraction of sp³-hybridized carbons (Fsp3) is 0.409. The summed E-state index contributed by atoms with van der Waals surface area (Å²) >= 11 is 5.63. The van der Waals surface area contributed by atoms with Crippen LogP contribution in [0.4, 0.5) is 18.9 Å². The number of hydrogen-bond donors (Lipinski definition) is 1. The highest BCUT2D eigenvalue weighted by Crippen LogP contribution is 2.34. The van der Waals surface area contributed by atoms with Crippen LogP contribution in [-0.2, 0) is 12.7 Å². The number of nitrogens with zero attached hydrogens (tertiary/aromatic N) is 1. The summed E-state index contributed by atoms with van der Waals surface area (Å²) in [5.74, 6) is 1.25. The molecule has 0 spiro atoms. The van der Waals surface area contributed by atoms with Gasteiger partial charge in [0.2, 0.25) is 0 Å². The number of para-hydroxylation sites is 1. The van der Waals surface area contributed by atoms with Gasteiger partial charge in [-0.3, -0.25) is 0 Å². The van der Waals surface area contributed by atoms with Crippen LogP contribution in [-0.4, -0.2) is 30.3 Å². The van der Waals surface area contributed by atoms with E-state index < -0.39 is 11.7 Å². The van der Waals surface area contributed by atoms with Crippen LogP contribution in [0, 0.1) is 0 Å². The van der Waals surface area contributed by atoms with E-state index in [1.165, 1.54) is 6.07 Å². The van der Waals surface area contributed by atoms with E-state index in [0.717, 1.165) is 43.4 Å². The highest BCUT2D eigenvalue weighted by Gasteiger charge is 2.31. The van der Waals surface area contributed by atoms with E-state index in [-0.39, 0.29) is 6.04 Å². The number of methoxy groups -OCH3 is 2. The zero-order valence-corrected chi connectivity index (χ0v) is 17.8. The normalized spacial score (nSPS) is 14.4. The molecule has 2 aromatic rings. The molecule has 8 heteroatoms. The summed E-state index contributed by atoms with van der Waals surface area (Å²) in [7, 11) is 3.16. The first-order chi connectivity index (χ1) is 14.3. The molecule has 0 amide bonds. The molecule has 1 aliphatic rings. The summed E-state index contributed by atoms with van der Waals surface area (Å²) in [6.07, 6.45) is -0.239. The van der Waals surface area contributed by atoms with Crippen molar-refractivity contribution in [3.05, 3.63) is 53.6 Å². The van der Waals surface area contributed by atoms with E-state index in [1.54, 1.807) is 20.3 Å². The fourth-order valence-corrected chi connectivity index (χ4v) is 4.14. The second kappa shape index (κ2) is 9.55. The molecule has 162 valence electrons. The zero-order valence-electron chi connectivity index (χ0n) is 17.0. The van der Waals surface area contributed by atoms with Gasteiger partial charge in [0, 0.05) is 23.8 Å². The molecule has 0 aromatic heterocycles. The molecule has 1 aliphatic carbocycles. The maximum Gasteiger partial charge on any atom is 0.416 e. The van der Waals surface area contributed by atoms with E-state index in [4.69, 9.17) is 21.7 Å². The molecule has 0 radical (unpaired) electrons. The molecular formula is C22H25F3N2O2S. The fourth-order valence-electron chi connectivity index (χ4n) is 3.81. The second-order valence-electron chi connectivity index (χ2n) is 7.23. The van der Waals surface area contributed by atoms with Crippen LogP contribution in [0.25, 0.3) is 0 Å². The molecular weight excluding hydrogens is 413 g/mol. The van der Waals surface area contributed by atoms with Crippen molar-refractivity contribution in [2.75, 3.05) is 19.5 Å². The largest absolute Gasteiger partial charge is 0.493 e. The first-order valence-corrected chi connectivity index (χ1v) is 10.2. The van der Waals surface area contributed by atoms with Gasteiger partial charge in [0.15, 0.2) is 16.6 Å². The average Bonchev–Trinajstić information content (AvgIpc) is 3.25. The first-order valence-electron chi connectivity index (χ1n) is 9.78. The number of benzene rings is 2. The van der Waals surface area contributed by atoms with Gasteiger partial charge in [0.25, 0.3) is 0 Å². The Kier molecular flexibility index (Phi) is 7.07. The highest BCUT2D eigenvalue weighted by molar-refractivity contribution is 7.80. The summed E-state index contributed by atoms with van der Waals surface area (Å²) in [5, 5.41) is 3.40. The van der Waals surface area contributed by atoms with E-state index in [0.29, 0.717) is 28.8 Å². The summed E-state index contributed by atoms with van der Waals surface area (Å²) in [6, 6.07) is 10.9. The minimum atomic E-state index is -4.40. The van der Waals surface area contributed by atoms with Crippen molar-refractivity contribution in [2.24, 2.45) is 0 Å². The van der Waals surface area contributed by atoms with Gasteiger partial charge in [-0.15, -0.1) is 0 Å². The Hall–Kier alpha value is -2.48. The molecule has 30 heavy (non-hydrogen) atoms. The lowest BCUT2D eigenvalue weighted by Gasteiger charge is -2.32. The standard InChI is InChI=1S/C22H25F3N2O2S/c1-28-19-12-5-7-15(20(19)29-2)14-27(18-10-3-4-11-18)21(30)26-17-9-6-8-16(13-17)22(23,24)25/h5-9,12-13,18H,3-4,10-11,14H2,1-2H3,(H,26,30). The lowest BCUT2D eigenvalue weighted by atomic mass is 10.1. The summed E-state index contributed by atoms with van der Waals surface area (Å²) in [6.45, 7) is 0.468. The third-order valence-electron chi connectivity index (χ3n) is 5.29. The lowest BCUT2D eigenvalue weighted by molar-refractivity contribution is -0.137. The molecule has 4 nitrogen and oxygen atoms in total. The van der Waals surface area contributed by atoms with Crippen LogP contribution in [0.5, 0.6) is 11.5 Å². The van der Waals surface area contributed by atoms with Crippen molar-refractivity contribution >= 4 is 23.0 Å². The number of anilines is 1. The van der Waals surface area contributed by atoms with Gasteiger partial charge in [-0.2, -0.15) is 13.2 Å². The van der Waals surface area contributed by atoms with E-state index in [1.807, 2.05) is 23.1 Å². The zero-order chi connectivity index (χ0) is 21.7. The highest BCUT2D eigenvalue weighted by atomic mass is 32.1. The van der Waals surface area contributed by atoms with Crippen LogP contribution < -0.4 is 14.8 Å². The van der Waals surface area contributed by atoms with Gasteiger partial charge >= 0.3 is 6.18 Å². The van der Waals surface area contributed by atoms with Crippen LogP contribution in [0.15, 0.2) is 42.5 Å². The maximum absolute atomic E-state index is 13.1. The monoisotopic (exact) mass is 438 g/mol. The molecule has 1 fully saturated rings. The Morgan fingerprint density at radius 3 is 2.43 bits per heavy atom. The molecule has 0 saturated heterocycles. The van der Waals surface area contributed by atoms with Crippen molar-refractivity contribution in [3.63, 3.8) is 0 Å². The van der Waals surface area contributed by atoms with E-state index in [2.05, 4.69) is 5.32 Å². The smallest absolute Gasteiger partial charge is 0.416 e. The minimum Gasteiger partial charge on any atom is -0.493 e. The van der Waals surface area contributed by atoms with Crippen LogP contribution in [0.1, 0.15) is 36.8 Å². The number of thiocarbonyl (C=S) groups is 1. The predicted molar refractivity (Wildman–Crippen MR) is 115 cm³/mol. The Labute approximate surface area is 180 Å². The van der Waals surface area contributed by atoms with E-state index >= 15 is 0 Å². The number of alkyl halides is 3. The Morgan fingerprint density at radius 1 is 1.10 bits per heavy atom. The molecule has 0 atom stereocenters. The van der Waals surface area contributed by atoms with Crippen molar-refractivity contribution in [1.82, 2.24) is 4.90 Å². The predicted octanol–water partition coefficient (Wildman–Crippen LogP) is 5.86. The molecule has 2 aromatic carbocycles. The Morgan fingerprint density at radius 2 is 1.80 bits per heavy atom. The maximum atomic E-state index is 13.1. The molecule has 3 rings (SSSR count). The third-order valence-corrected chi connectivity index (χ3v) is 5.63. The molecule has 0 heterocycles. The van der Waals surface area contributed by atoms with Gasteiger partial charge in [0.05, 0.1) is 19.8 Å². The lowest BCUT2D eigenvalue weighted by Crippen LogP contribution is -2.41. The number of hydrogen-bond acceptors (Lipinski definition) is 3. The van der Waals surface area contributed by atoms with Gasteiger partial charge in [-0.1, -0.05) is 31.0 Å². The van der Waals surface area contributed by atoms with Crippen molar-refractivity contribution in [1.29, 1.82) is 0 Å². The second-order valence-corrected chi connectivity index (χ2v) is 7.61. The number of halogens is 3. The van der Waals surface area contributed by atoms with Crippen LogP contribution >= 0.6 is 12.2 Å². The van der Waals surface area contributed by atoms with Crippen molar-refractivity contribution < 1.29 is 22.6 Å². The summed E-state index contributed by atoms with van der Waals surface area (Å²) < 4.78 is 50.1. The number of rotatable bonds is 6. The topological polar surface area (TPSA) is 33.7 Å². The van der Waals surface area contributed by atoms with Gasteiger partial charge in [-0.05, 0) is 49.3 Å². The van der Waals surface area contributed by atoms with Crippen molar-refractivity contribution in [2.45, 2.75) is 44.4 Å². The number of nitrogens with one attached hydrogen (secondary N) is 1. The molecule has 0 aliphatic heterocycles. The molecule has 0 unspecified atom stereocenters. The van der Waals surface area contributed by atoms with Crippen molar-refractivity contribution in [3.8, 4) is 11.5 Å². The molecule has 1 saturated carbocycles. The minimum absolute atomic E-state index is 0.215. The average molecular weight is 439 g/mol. The third kappa shape index (κ3) is 5.16. The van der Waals surface area contributed by atoms with E-state index in [9.17, 15) is 13.2 Å². The van der Waals surface area contributed by atoms with Crippen LogP contribution in [0.2, 0.25) is 0 Å². The Bertz CT molecular complexity index is 883. The molecule has 1 N–H and O–H groups in total. The molecule has 0 bridgehead atoms. The van der Waals surface area contributed by atoms with Crippen LogP contribution in [0.3, 0.4) is 0 Å². The quantitative estimate of drug-likeness (QED) is 0.571. The first kappa shape index (κ1) is 22.2. The SMILES string of the molecule is COc1cccc(CN(C(=S)Nc2cccc(C(F)(F)F)c2)C2CCCC2)c1OC. The summed E-state index contributed by atoms with van der Waals surface area (Å²) in [4.78, 5) is 2.04. The van der Waals surface area contributed by atoms with Gasteiger partial charge in [-0.25, -0.2) is 0 Å². The van der Waals surface area contributed by atoms with Gasteiger partial charge in [0.1, 0.15) is 0 Å². The Balaban J connectivity index is 1.85. The van der Waals surface area contributed by atoms with Gasteiger partial charge < -0.3 is 19.7 Å². The summed E-state index contributed by atoms with van der Waals surface area (Å²) in [5.41, 5.74) is 0.504.